The lowest BCUT2D eigenvalue weighted by Crippen LogP contribution is -2.32. The zero-order chi connectivity index (χ0) is 16.7. The molecule has 122 valence electrons. The zero-order valence-corrected chi connectivity index (χ0v) is 13.5. The number of amides is 1. The van der Waals surface area contributed by atoms with Crippen molar-refractivity contribution in [3.05, 3.63) is 58.3 Å². The number of nitrogens with one attached hydrogen (secondary N) is 1. The Hall–Kier alpha value is -1.98. The minimum Gasteiger partial charge on any atom is -0.490 e. The van der Waals surface area contributed by atoms with Gasteiger partial charge in [0.15, 0.2) is 6.61 Å². The molecule has 0 aliphatic carbocycles. The molecule has 1 amide bonds. The van der Waals surface area contributed by atoms with Crippen molar-refractivity contribution in [2.24, 2.45) is 0 Å². The molecule has 0 fully saturated rings. The van der Waals surface area contributed by atoms with E-state index >= 15 is 0 Å². The first-order valence-corrected chi connectivity index (χ1v) is 7.53. The van der Waals surface area contributed by atoms with Gasteiger partial charge in [-0.15, -0.1) is 0 Å². The second-order valence-corrected chi connectivity index (χ2v) is 5.36. The number of carbonyl (C=O) groups is 1. The summed E-state index contributed by atoms with van der Waals surface area (Å²) in [5.74, 6) is 0.197. The van der Waals surface area contributed by atoms with E-state index in [2.05, 4.69) is 5.32 Å². The topological polar surface area (TPSA) is 47.6 Å². The summed E-state index contributed by atoms with van der Waals surface area (Å²) in [7, 11) is 0. The summed E-state index contributed by atoms with van der Waals surface area (Å²) in [5, 5.41) is 3.41. The zero-order valence-electron chi connectivity index (χ0n) is 12.0. The van der Waals surface area contributed by atoms with Crippen LogP contribution >= 0.6 is 23.2 Å². The van der Waals surface area contributed by atoms with Crippen LogP contribution in [0.15, 0.2) is 42.5 Å². The summed E-state index contributed by atoms with van der Waals surface area (Å²) in [5.41, 5.74) is 0. The van der Waals surface area contributed by atoms with Gasteiger partial charge in [0.1, 0.15) is 23.9 Å². The summed E-state index contributed by atoms with van der Waals surface area (Å²) in [4.78, 5) is 11.6. The minimum absolute atomic E-state index is 0.112. The van der Waals surface area contributed by atoms with Gasteiger partial charge in [-0.3, -0.25) is 4.79 Å². The predicted molar refractivity (Wildman–Crippen MR) is 86.9 cm³/mol. The third-order valence-corrected chi connectivity index (χ3v) is 3.31. The first kappa shape index (κ1) is 17.4. The van der Waals surface area contributed by atoms with E-state index in [1.165, 1.54) is 12.1 Å². The van der Waals surface area contributed by atoms with Gasteiger partial charge in [0.2, 0.25) is 0 Å². The largest absolute Gasteiger partial charge is 0.490 e. The Kier molecular flexibility index (Phi) is 6.50. The van der Waals surface area contributed by atoms with E-state index in [0.29, 0.717) is 16.5 Å². The minimum atomic E-state index is -0.435. The van der Waals surface area contributed by atoms with E-state index in [-0.39, 0.29) is 30.7 Å². The quantitative estimate of drug-likeness (QED) is 0.768. The van der Waals surface area contributed by atoms with Gasteiger partial charge in [0, 0.05) is 5.02 Å². The first-order chi connectivity index (χ1) is 11.0. The number of hydrogen-bond acceptors (Lipinski definition) is 3. The molecule has 0 aliphatic heterocycles. The highest BCUT2D eigenvalue weighted by atomic mass is 35.5. The van der Waals surface area contributed by atoms with Gasteiger partial charge in [-0.1, -0.05) is 23.2 Å². The number of hydrogen-bond donors (Lipinski definition) is 1. The van der Waals surface area contributed by atoms with Crippen LogP contribution in [0.4, 0.5) is 4.39 Å². The van der Waals surface area contributed by atoms with Crippen LogP contribution in [0.1, 0.15) is 0 Å². The molecule has 0 spiro atoms. The Bertz CT molecular complexity index is 665. The molecular weight excluding hydrogens is 344 g/mol. The third-order valence-electron chi connectivity index (χ3n) is 2.76. The van der Waals surface area contributed by atoms with Gasteiger partial charge in [0.25, 0.3) is 5.91 Å². The molecule has 2 aromatic carbocycles. The summed E-state index contributed by atoms with van der Waals surface area (Å²) in [6.45, 7) is 0.369. The molecule has 0 radical (unpaired) electrons. The Morgan fingerprint density at radius 3 is 2.52 bits per heavy atom. The predicted octanol–water partition coefficient (Wildman–Crippen LogP) is 3.71. The van der Waals surface area contributed by atoms with Gasteiger partial charge in [0.05, 0.1) is 11.6 Å². The van der Waals surface area contributed by atoms with Crippen molar-refractivity contribution in [3.63, 3.8) is 0 Å². The van der Waals surface area contributed by atoms with Crippen molar-refractivity contribution < 1.29 is 18.7 Å². The first-order valence-electron chi connectivity index (χ1n) is 6.77. The molecule has 0 aliphatic rings. The fourth-order valence-electron chi connectivity index (χ4n) is 1.67. The van der Waals surface area contributed by atoms with Crippen LogP contribution in [0.3, 0.4) is 0 Å². The van der Waals surface area contributed by atoms with E-state index in [9.17, 15) is 9.18 Å². The molecule has 0 heterocycles. The van der Waals surface area contributed by atoms with Gasteiger partial charge in [-0.2, -0.15) is 0 Å². The Morgan fingerprint density at radius 1 is 1.09 bits per heavy atom. The standard InChI is InChI=1S/C16H14Cl2FNO3/c17-11-1-4-13(5-2-11)23-10-16(21)20-7-8-22-15-6-3-12(19)9-14(15)18/h1-6,9H,7-8,10H2,(H,20,21). The lowest BCUT2D eigenvalue weighted by atomic mass is 10.3. The normalized spacial score (nSPS) is 10.2. The van der Waals surface area contributed by atoms with E-state index in [1.807, 2.05) is 0 Å². The summed E-state index contributed by atoms with van der Waals surface area (Å²) in [6.07, 6.45) is 0. The molecule has 0 bridgehead atoms. The number of rotatable bonds is 7. The van der Waals surface area contributed by atoms with Crippen molar-refractivity contribution in [3.8, 4) is 11.5 Å². The van der Waals surface area contributed by atoms with Crippen molar-refractivity contribution in [2.75, 3.05) is 19.8 Å². The van der Waals surface area contributed by atoms with Crippen molar-refractivity contribution in [1.29, 1.82) is 0 Å². The van der Waals surface area contributed by atoms with E-state index in [0.717, 1.165) is 6.07 Å². The van der Waals surface area contributed by atoms with E-state index in [4.69, 9.17) is 32.7 Å². The number of benzene rings is 2. The Labute approximate surface area is 143 Å². The molecule has 4 nitrogen and oxygen atoms in total. The van der Waals surface area contributed by atoms with Crippen LogP contribution < -0.4 is 14.8 Å². The third kappa shape index (κ3) is 5.96. The Morgan fingerprint density at radius 2 is 1.83 bits per heavy atom. The van der Waals surface area contributed by atoms with Crippen molar-refractivity contribution >= 4 is 29.1 Å². The Balaban J connectivity index is 1.65. The summed E-state index contributed by atoms with van der Waals surface area (Å²) in [6, 6.07) is 10.5. The molecule has 2 rings (SSSR count). The molecule has 2 aromatic rings. The van der Waals surface area contributed by atoms with Crippen LogP contribution in [0.25, 0.3) is 0 Å². The molecule has 0 saturated carbocycles. The van der Waals surface area contributed by atoms with E-state index < -0.39 is 5.82 Å². The monoisotopic (exact) mass is 357 g/mol. The molecule has 23 heavy (non-hydrogen) atoms. The smallest absolute Gasteiger partial charge is 0.258 e. The molecule has 7 heteroatoms. The van der Waals surface area contributed by atoms with Crippen LogP contribution in [0, 0.1) is 5.82 Å². The lowest BCUT2D eigenvalue weighted by molar-refractivity contribution is -0.123. The fraction of sp³-hybridized carbons (Fsp3) is 0.188. The van der Waals surface area contributed by atoms with Crippen molar-refractivity contribution in [1.82, 2.24) is 5.32 Å². The lowest BCUT2D eigenvalue weighted by Gasteiger charge is -2.10. The SMILES string of the molecule is O=C(COc1ccc(Cl)cc1)NCCOc1ccc(F)cc1Cl. The number of carbonyl (C=O) groups excluding carboxylic acids is 1. The van der Waals surface area contributed by atoms with E-state index in [1.54, 1.807) is 24.3 Å². The average Bonchev–Trinajstić information content (AvgIpc) is 2.52. The number of ether oxygens (including phenoxy) is 2. The summed E-state index contributed by atoms with van der Waals surface area (Å²) >= 11 is 11.6. The molecule has 0 unspecified atom stereocenters. The van der Waals surface area contributed by atoms with Crippen molar-refractivity contribution in [2.45, 2.75) is 0 Å². The summed E-state index contributed by atoms with van der Waals surface area (Å²) < 4.78 is 23.5. The molecule has 0 saturated heterocycles. The van der Waals surface area contributed by atoms with Crippen LogP contribution in [-0.4, -0.2) is 25.7 Å². The van der Waals surface area contributed by atoms with Crippen LogP contribution in [0.5, 0.6) is 11.5 Å². The fourth-order valence-corrected chi connectivity index (χ4v) is 2.02. The second kappa shape index (κ2) is 8.60. The molecule has 1 N–H and O–H groups in total. The molecule has 0 aromatic heterocycles. The van der Waals surface area contributed by atoms with Gasteiger partial charge in [-0.05, 0) is 42.5 Å². The van der Waals surface area contributed by atoms with Crippen LogP contribution in [-0.2, 0) is 4.79 Å². The number of halogens is 3. The maximum Gasteiger partial charge on any atom is 0.258 e. The highest BCUT2D eigenvalue weighted by Crippen LogP contribution is 2.24. The average molecular weight is 358 g/mol. The van der Waals surface area contributed by atoms with Gasteiger partial charge >= 0.3 is 0 Å². The van der Waals surface area contributed by atoms with Crippen LogP contribution in [0.2, 0.25) is 10.0 Å². The molecule has 0 atom stereocenters. The van der Waals surface area contributed by atoms with Gasteiger partial charge in [-0.25, -0.2) is 4.39 Å². The van der Waals surface area contributed by atoms with Gasteiger partial charge < -0.3 is 14.8 Å². The highest BCUT2D eigenvalue weighted by Gasteiger charge is 2.05. The maximum atomic E-state index is 12.9. The highest BCUT2D eigenvalue weighted by molar-refractivity contribution is 6.32. The maximum absolute atomic E-state index is 12.9. The molecular formula is C16H14Cl2FNO3. The second-order valence-electron chi connectivity index (χ2n) is 4.52.